The summed E-state index contributed by atoms with van der Waals surface area (Å²) in [6.07, 6.45) is 0.194. The Kier molecular flexibility index (Phi) is 6.58. The number of ketones is 1. The highest BCUT2D eigenvalue weighted by atomic mass is 32.2. The monoisotopic (exact) mass is 454 g/mol. The summed E-state index contributed by atoms with van der Waals surface area (Å²) in [6.45, 7) is 4.37. The number of hydrogen-bond acceptors (Lipinski definition) is 7. The number of thioether (sulfide) groups is 1. The Morgan fingerprint density at radius 1 is 1.16 bits per heavy atom. The molecule has 1 amide bonds. The highest BCUT2D eigenvalue weighted by molar-refractivity contribution is 8.01. The third kappa shape index (κ3) is 5.26. The minimum atomic E-state index is -0.105. The Bertz CT molecular complexity index is 1110. The van der Waals surface area contributed by atoms with E-state index in [1.165, 1.54) is 23.1 Å². The molecule has 0 saturated carbocycles. The first-order valence-corrected chi connectivity index (χ1v) is 11.7. The van der Waals surface area contributed by atoms with Crippen LogP contribution in [-0.4, -0.2) is 29.2 Å². The van der Waals surface area contributed by atoms with Crippen LogP contribution >= 0.6 is 23.1 Å². The molecule has 1 N–H and O–H groups in total. The van der Waals surface area contributed by atoms with Crippen molar-refractivity contribution in [1.82, 2.24) is 4.98 Å². The first-order valence-electron chi connectivity index (χ1n) is 9.88. The molecule has 6 nitrogen and oxygen atoms in total. The number of amides is 1. The Balaban J connectivity index is 1.31. The van der Waals surface area contributed by atoms with Crippen LogP contribution in [0.3, 0.4) is 0 Å². The van der Waals surface area contributed by atoms with E-state index in [4.69, 9.17) is 9.47 Å². The smallest absolute Gasteiger partial charge is 0.231 e. The van der Waals surface area contributed by atoms with Crippen LogP contribution in [-0.2, 0) is 11.2 Å². The van der Waals surface area contributed by atoms with Gasteiger partial charge in [-0.1, -0.05) is 43.8 Å². The maximum Gasteiger partial charge on any atom is 0.231 e. The highest BCUT2D eigenvalue weighted by Gasteiger charge is 2.17. The summed E-state index contributed by atoms with van der Waals surface area (Å²) >= 11 is 2.81. The SMILES string of the molecule is CC(C)c1ccccc1NC(=O)Cc1csc(SCC(=O)c2ccc3c(c2)OCO3)n1. The lowest BCUT2D eigenvalue weighted by atomic mass is 10.0. The average Bonchev–Trinajstić information content (AvgIpc) is 3.40. The largest absolute Gasteiger partial charge is 0.454 e. The second-order valence-corrected chi connectivity index (χ2v) is 9.43. The molecule has 1 aliphatic rings. The van der Waals surface area contributed by atoms with Crippen molar-refractivity contribution in [3.63, 3.8) is 0 Å². The van der Waals surface area contributed by atoms with E-state index in [1.54, 1.807) is 18.2 Å². The number of carbonyl (C=O) groups excluding carboxylic acids is 2. The fourth-order valence-corrected chi connectivity index (χ4v) is 4.93. The van der Waals surface area contributed by atoms with Crippen LogP contribution in [0.4, 0.5) is 5.69 Å². The number of nitrogens with zero attached hydrogens (tertiary/aromatic N) is 1. The Morgan fingerprint density at radius 3 is 2.81 bits per heavy atom. The van der Waals surface area contributed by atoms with Gasteiger partial charge in [-0.25, -0.2) is 4.98 Å². The van der Waals surface area contributed by atoms with Crippen molar-refractivity contribution in [3.8, 4) is 11.5 Å². The second kappa shape index (κ2) is 9.53. The van der Waals surface area contributed by atoms with E-state index >= 15 is 0 Å². The average molecular weight is 455 g/mol. The molecule has 0 saturated heterocycles. The summed E-state index contributed by atoms with van der Waals surface area (Å²) < 4.78 is 11.4. The van der Waals surface area contributed by atoms with E-state index in [9.17, 15) is 9.59 Å². The fraction of sp³-hybridized carbons (Fsp3) is 0.261. The van der Waals surface area contributed by atoms with Gasteiger partial charge >= 0.3 is 0 Å². The van der Waals surface area contributed by atoms with E-state index in [1.807, 2.05) is 29.6 Å². The first-order chi connectivity index (χ1) is 15.0. The van der Waals surface area contributed by atoms with Crippen LogP contribution in [0.25, 0.3) is 0 Å². The van der Waals surface area contributed by atoms with E-state index in [-0.39, 0.29) is 30.7 Å². The quantitative estimate of drug-likeness (QED) is 0.375. The number of para-hydroxylation sites is 1. The number of fused-ring (bicyclic) bond motifs is 1. The summed E-state index contributed by atoms with van der Waals surface area (Å²) in [4.78, 5) is 29.5. The molecular weight excluding hydrogens is 432 g/mol. The summed E-state index contributed by atoms with van der Waals surface area (Å²) in [5, 5.41) is 4.85. The minimum Gasteiger partial charge on any atom is -0.454 e. The molecule has 2 heterocycles. The van der Waals surface area contributed by atoms with Gasteiger partial charge in [0.2, 0.25) is 12.7 Å². The molecule has 0 spiro atoms. The lowest BCUT2D eigenvalue weighted by Gasteiger charge is -2.13. The number of thiazole rings is 1. The molecule has 0 unspecified atom stereocenters. The number of Topliss-reactive ketones (excluding diaryl/α,β-unsaturated/α-hetero) is 1. The Hall–Kier alpha value is -2.84. The van der Waals surface area contributed by atoms with Crippen LogP contribution in [0.15, 0.2) is 52.2 Å². The van der Waals surface area contributed by atoms with Crippen molar-refractivity contribution in [3.05, 3.63) is 64.7 Å². The molecule has 0 radical (unpaired) electrons. The van der Waals surface area contributed by atoms with Gasteiger partial charge in [-0.2, -0.15) is 0 Å². The van der Waals surface area contributed by atoms with Crippen molar-refractivity contribution in [1.29, 1.82) is 0 Å². The topological polar surface area (TPSA) is 77.5 Å². The molecule has 31 heavy (non-hydrogen) atoms. The number of hydrogen-bond donors (Lipinski definition) is 1. The van der Waals surface area contributed by atoms with Crippen molar-refractivity contribution in [2.45, 2.75) is 30.5 Å². The van der Waals surface area contributed by atoms with Crippen molar-refractivity contribution in [2.24, 2.45) is 0 Å². The van der Waals surface area contributed by atoms with Crippen LogP contribution in [0, 0.1) is 0 Å². The maximum atomic E-state index is 12.5. The third-order valence-corrected chi connectivity index (χ3v) is 6.82. The third-order valence-electron chi connectivity index (χ3n) is 4.75. The predicted molar refractivity (Wildman–Crippen MR) is 123 cm³/mol. The molecule has 0 atom stereocenters. The molecule has 0 fully saturated rings. The van der Waals surface area contributed by atoms with Crippen LogP contribution in [0.2, 0.25) is 0 Å². The molecule has 160 valence electrons. The zero-order chi connectivity index (χ0) is 21.8. The lowest BCUT2D eigenvalue weighted by Crippen LogP contribution is -2.16. The van der Waals surface area contributed by atoms with Crippen molar-refractivity contribution in [2.75, 3.05) is 17.9 Å². The zero-order valence-corrected chi connectivity index (χ0v) is 18.8. The van der Waals surface area contributed by atoms with Gasteiger partial charge in [-0.15, -0.1) is 11.3 Å². The summed E-state index contributed by atoms with van der Waals surface area (Å²) in [5.41, 5.74) is 3.22. The number of carbonyl (C=O) groups is 2. The summed E-state index contributed by atoms with van der Waals surface area (Å²) in [5.74, 6) is 1.72. The molecule has 8 heteroatoms. The first kappa shape index (κ1) is 21.4. The number of aromatic nitrogens is 1. The molecule has 0 bridgehead atoms. The minimum absolute atomic E-state index is 0.0110. The second-order valence-electron chi connectivity index (χ2n) is 7.35. The number of ether oxygens (including phenoxy) is 2. The van der Waals surface area contributed by atoms with Crippen LogP contribution < -0.4 is 14.8 Å². The highest BCUT2D eigenvalue weighted by Crippen LogP contribution is 2.33. The van der Waals surface area contributed by atoms with E-state index in [0.717, 1.165) is 15.6 Å². The Morgan fingerprint density at radius 2 is 1.97 bits per heavy atom. The van der Waals surface area contributed by atoms with Gasteiger partial charge in [0, 0.05) is 16.6 Å². The normalized spacial score (nSPS) is 12.2. The van der Waals surface area contributed by atoms with Crippen molar-refractivity contribution < 1.29 is 19.1 Å². The van der Waals surface area contributed by atoms with E-state index < -0.39 is 0 Å². The maximum absolute atomic E-state index is 12.5. The van der Waals surface area contributed by atoms with Crippen LogP contribution in [0.1, 0.15) is 41.4 Å². The number of benzene rings is 2. The van der Waals surface area contributed by atoms with Gasteiger partial charge in [0.1, 0.15) is 0 Å². The standard InChI is InChI=1S/C23H22N2O4S2/c1-14(2)17-5-3-4-6-18(17)25-22(27)10-16-11-30-23(24-16)31-12-19(26)15-7-8-20-21(9-15)29-13-28-20/h3-9,11,14H,10,12-13H2,1-2H3,(H,25,27). The summed E-state index contributed by atoms with van der Waals surface area (Å²) in [7, 11) is 0. The van der Waals surface area contributed by atoms with E-state index in [0.29, 0.717) is 28.7 Å². The van der Waals surface area contributed by atoms with E-state index in [2.05, 4.69) is 24.1 Å². The number of nitrogens with one attached hydrogen (secondary N) is 1. The lowest BCUT2D eigenvalue weighted by molar-refractivity contribution is -0.115. The predicted octanol–water partition coefficient (Wildman–Crippen LogP) is 5.15. The molecule has 1 aliphatic heterocycles. The zero-order valence-electron chi connectivity index (χ0n) is 17.2. The number of anilines is 1. The van der Waals surface area contributed by atoms with Gasteiger partial charge < -0.3 is 14.8 Å². The van der Waals surface area contributed by atoms with Crippen LogP contribution in [0.5, 0.6) is 11.5 Å². The summed E-state index contributed by atoms with van der Waals surface area (Å²) in [6, 6.07) is 13.0. The van der Waals surface area contributed by atoms with Gasteiger partial charge in [0.25, 0.3) is 0 Å². The molecule has 4 rings (SSSR count). The molecule has 0 aliphatic carbocycles. The van der Waals surface area contributed by atoms with Gasteiger partial charge in [-0.3, -0.25) is 9.59 Å². The molecule has 1 aromatic heterocycles. The van der Waals surface area contributed by atoms with Gasteiger partial charge in [0.05, 0.1) is 17.9 Å². The van der Waals surface area contributed by atoms with Gasteiger partial charge in [0.15, 0.2) is 21.6 Å². The molecule has 3 aromatic rings. The molecular formula is C23H22N2O4S2. The Labute approximate surface area is 189 Å². The van der Waals surface area contributed by atoms with Gasteiger partial charge in [-0.05, 0) is 35.7 Å². The fourth-order valence-electron chi connectivity index (χ4n) is 3.19. The van der Waals surface area contributed by atoms with Crippen molar-refractivity contribution >= 4 is 40.5 Å². The molecule has 2 aromatic carbocycles. The number of rotatable bonds is 8.